The quantitative estimate of drug-likeness (QED) is 0.795. The van der Waals surface area contributed by atoms with Crippen molar-refractivity contribution < 1.29 is 23.5 Å². The predicted molar refractivity (Wildman–Crippen MR) is 91.8 cm³/mol. The molecule has 0 spiro atoms. The highest BCUT2D eigenvalue weighted by molar-refractivity contribution is 9.10. The van der Waals surface area contributed by atoms with E-state index in [1.165, 1.54) is 17.0 Å². The molecule has 0 atom stereocenters. The molecule has 2 amide bonds. The summed E-state index contributed by atoms with van der Waals surface area (Å²) in [6.07, 6.45) is 0. The van der Waals surface area contributed by atoms with Gasteiger partial charge in [-0.2, -0.15) is 0 Å². The fourth-order valence-electron chi connectivity index (χ4n) is 2.39. The number of hydrogen-bond acceptors (Lipinski definition) is 4. The summed E-state index contributed by atoms with van der Waals surface area (Å²) in [5.74, 6) is -2.33. The van der Waals surface area contributed by atoms with Crippen LogP contribution >= 0.6 is 15.9 Å². The predicted octanol–water partition coefficient (Wildman–Crippen LogP) is 2.73. The molecule has 0 aromatic heterocycles. The van der Waals surface area contributed by atoms with Crippen LogP contribution in [0.3, 0.4) is 0 Å². The molecule has 1 aliphatic rings. The highest BCUT2D eigenvalue weighted by atomic mass is 79.9. The summed E-state index contributed by atoms with van der Waals surface area (Å²) < 4.78 is 18.6. The Kier molecular flexibility index (Phi) is 4.80. The zero-order valence-corrected chi connectivity index (χ0v) is 14.4. The Morgan fingerprint density at radius 1 is 1.24 bits per heavy atom. The van der Waals surface area contributed by atoms with Crippen LogP contribution in [-0.2, 0) is 14.3 Å². The highest BCUT2D eigenvalue weighted by Gasteiger charge is 2.27. The molecule has 2 aromatic rings. The number of nitrogens with one attached hydrogen (secondary N) is 1. The summed E-state index contributed by atoms with van der Waals surface area (Å²) in [7, 11) is 0. The van der Waals surface area contributed by atoms with Gasteiger partial charge in [0.25, 0.3) is 5.91 Å². The van der Waals surface area contributed by atoms with Crippen LogP contribution < -0.4 is 10.2 Å². The summed E-state index contributed by atoms with van der Waals surface area (Å²) in [5, 5.41) is 2.66. The summed E-state index contributed by atoms with van der Waals surface area (Å²) >= 11 is 3.13. The van der Waals surface area contributed by atoms with Gasteiger partial charge >= 0.3 is 5.97 Å². The Labute approximate surface area is 150 Å². The van der Waals surface area contributed by atoms with E-state index in [1.807, 2.05) is 0 Å². The van der Waals surface area contributed by atoms with Crippen molar-refractivity contribution in [1.82, 2.24) is 0 Å². The van der Waals surface area contributed by atoms with Gasteiger partial charge in [0.15, 0.2) is 6.61 Å². The number of amides is 2. The topological polar surface area (TPSA) is 75.7 Å². The van der Waals surface area contributed by atoms with Crippen molar-refractivity contribution in [2.75, 3.05) is 23.4 Å². The molecule has 8 heteroatoms. The Bertz CT molecular complexity index is 871. The van der Waals surface area contributed by atoms with Gasteiger partial charge in [-0.1, -0.05) is 12.1 Å². The monoisotopic (exact) mass is 406 g/mol. The molecule has 25 heavy (non-hydrogen) atoms. The molecule has 1 heterocycles. The Morgan fingerprint density at radius 3 is 2.80 bits per heavy atom. The van der Waals surface area contributed by atoms with Gasteiger partial charge in [-0.3, -0.25) is 14.5 Å². The molecular formula is C17H12BrFN2O4. The molecule has 3 rings (SSSR count). The second-order valence-electron chi connectivity index (χ2n) is 5.25. The number of carbonyl (C=O) groups excluding carboxylic acids is 3. The molecule has 6 nitrogen and oxygen atoms in total. The van der Waals surface area contributed by atoms with E-state index in [0.717, 1.165) is 6.07 Å². The smallest absolute Gasteiger partial charge is 0.339 e. The number of para-hydroxylation sites is 2. The van der Waals surface area contributed by atoms with Crippen LogP contribution in [0.15, 0.2) is 46.9 Å². The number of carbonyl (C=O) groups is 3. The first-order valence-electron chi connectivity index (χ1n) is 7.27. The highest BCUT2D eigenvalue weighted by Crippen LogP contribution is 2.29. The summed E-state index contributed by atoms with van der Waals surface area (Å²) in [4.78, 5) is 37.4. The second-order valence-corrected chi connectivity index (χ2v) is 6.10. The van der Waals surface area contributed by atoms with Gasteiger partial charge in [0.1, 0.15) is 12.4 Å². The first-order valence-corrected chi connectivity index (χ1v) is 8.06. The molecule has 128 valence electrons. The van der Waals surface area contributed by atoms with Crippen molar-refractivity contribution >= 4 is 45.1 Å². The van der Waals surface area contributed by atoms with Gasteiger partial charge in [0.2, 0.25) is 5.91 Å². The fraction of sp³-hybridized carbons (Fsp3) is 0.118. The van der Waals surface area contributed by atoms with Gasteiger partial charge in [-0.05, 0) is 46.3 Å². The van der Waals surface area contributed by atoms with E-state index in [2.05, 4.69) is 21.2 Å². The van der Waals surface area contributed by atoms with E-state index in [0.29, 0.717) is 15.8 Å². The average Bonchev–Trinajstić information content (AvgIpc) is 2.60. The lowest BCUT2D eigenvalue weighted by molar-refractivity contribution is -0.124. The van der Waals surface area contributed by atoms with Gasteiger partial charge in [0.05, 0.1) is 16.9 Å². The minimum Gasteiger partial charge on any atom is -0.452 e. The fourth-order valence-corrected chi connectivity index (χ4v) is 2.80. The SMILES string of the molecule is O=C1CN(C(=O)COC(=O)c2cc(F)ccc2Br)c2ccccc2N1. The normalized spacial score (nSPS) is 13.0. The number of esters is 1. The minimum absolute atomic E-state index is 0.0235. The van der Waals surface area contributed by atoms with Crippen LogP contribution in [0.25, 0.3) is 0 Å². The van der Waals surface area contributed by atoms with Crippen LogP contribution in [0.2, 0.25) is 0 Å². The van der Waals surface area contributed by atoms with E-state index < -0.39 is 24.3 Å². The van der Waals surface area contributed by atoms with E-state index >= 15 is 0 Å². The molecular weight excluding hydrogens is 395 g/mol. The van der Waals surface area contributed by atoms with Crippen LogP contribution in [0.4, 0.5) is 15.8 Å². The van der Waals surface area contributed by atoms with Gasteiger partial charge in [-0.25, -0.2) is 9.18 Å². The molecule has 1 N–H and O–H groups in total. The summed E-state index contributed by atoms with van der Waals surface area (Å²) in [6, 6.07) is 10.4. The van der Waals surface area contributed by atoms with Crippen LogP contribution in [-0.4, -0.2) is 30.9 Å². The second kappa shape index (κ2) is 7.02. The molecule has 0 radical (unpaired) electrons. The van der Waals surface area contributed by atoms with Crippen molar-refractivity contribution in [3.8, 4) is 0 Å². The lowest BCUT2D eigenvalue weighted by Gasteiger charge is -2.28. The number of hydrogen-bond donors (Lipinski definition) is 1. The summed E-state index contributed by atoms with van der Waals surface area (Å²) in [5.41, 5.74) is 1.01. The number of anilines is 2. The van der Waals surface area contributed by atoms with Gasteiger partial charge in [0, 0.05) is 4.47 Å². The number of ether oxygens (including phenoxy) is 1. The molecule has 2 aromatic carbocycles. The third-order valence-corrected chi connectivity index (χ3v) is 4.24. The van der Waals surface area contributed by atoms with E-state index in [1.54, 1.807) is 24.3 Å². The third kappa shape index (κ3) is 3.69. The van der Waals surface area contributed by atoms with E-state index in [4.69, 9.17) is 4.74 Å². The number of rotatable bonds is 3. The number of benzene rings is 2. The van der Waals surface area contributed by atoms with E-state index in [9.17, 15) is 18.8 Å². The van der Waals surface area contributed by atoms with Crippen LogP contribution in [0.1, 0.15) is 10.4 Å². The molecule has 0 fully saturated rings. The maximum atomic E-state index is 13.3. The number of nitrogens with zero attached hydrogens (tertiary/aromatic N) is 1. The standard InChI is InChI=1S/C17H12BrFN2O4/c18-12-6-5-10(19)7-11(12)17(24)25-9-16(23)21-8-15(22)20-13-3-1-2-4-14(13)21/h1-7H,8-9H2,(H,20,22). The van der Waals surface area contributed by atoms with E-state index in [-0.39, 0.29) is 18.0 Å². The Morgan fingerprint density at radius 2 is 2.00 bits per heavy atom. The zero-order valence-electron chi connectivity index (χ0n) is 12.8. The first kappa shape index (κ1) is 17.1. The first-order chi connectivity index (χ1) is 12.0. The number of halogens is 2. The molecule has 0 saturated heterocycles. The molecule has 0 aliphatic carbocycles. The number of fused-ring (bicyclic) bond motifs is 1. The van der Waals surface area contributed by atoms with Crippen LogP contribution in [0.5, 0.6) is 0 Å². The summed E-state index contributed by atoms with van der Waals surface area (Å²) in [6.45, 7) is -0.736. The zero-order chi connectivity index (χ0) is 18.0. The largest absolute Gasteiger partial charge is 0.452 e. The van der Waals surface area contributed by atoms with Crippen LogP contribution in [0, 0.1) is 5.82 Å². The van der Waals surface area contributed by atoms with Crippen molar-refractivity contribution in [2.45, 2.75) is 0 Å². The van der Waals surface area contributed by atoms with Crippen molar-refractivity contribution in [1.29, 1.82) is 0 Å². The van der Waals surface area contributed by atoms with Crippen molar-refractivity contribution in [3.05, 3.63) is 58.3 Å². The molecule has 0 saturated carbocycles. The molecule has 1 aliphatic heterocycles. The maximum absolute atomic E-state index is 13.3. The molecule has 0 bridgehead atoms. The minimum atomic E-state index is -0.838. The molecule has 0 unspecified atom stereocenters. The van der Waals surface area contributed by atoms with Gasteiger partial charge in [-0.15, -0.1) is 0 Å². The van der Waals surface area contributed by atoms with Crippen molar-refractivity contribution in [3.63, 3.8) is 0 Å². The Balaban J connectivity index is 1.72. The van der Waals surface area contributed by atoms with Gasteiger partial charge < -0.3 is 10.1 Å². The van der Waals surface area contributed by atoms with Crippen molar-refractivity contribution in [2.24, 2.45) is 0 Å². The maximum Gasteiger partial charge on any atom is 0.339 e. The Hall–Kier alpha value is -2.74. The lowest BCUT2D eigenvalue weighted by Crippen LogP contribution is -2.44. The third-order valence-electron chi connectivity index (χ3n) is 3.55. The average molecular weight is 407 g/mol. The lowest BCUT2D eigenvalue weighted by atomic mass is 10.2.